The lowest BCUT2D eigenvalue weighted by Gasteiger charge is -2.18. The molecule has 1 N–H and O–H groups in total. The Morgan fingerprint density at radius 1 is 1.12 bits per heavy atom. The van der Waals surface area contributed by atoms with Crippen molar-refractivity contribution in [2.45, 2.75) is 39.8 Å². The molecule has 0 fully saturated rings. The van der Waals surface area contributed by atoms with Crippen molar-refractivity contribution in [1.29, 1.82) is 0 Å². The van der Waals surface area contributed by atoms with Crippen molar-refractivity contribution in [3.8, 4) is 0 Å². The van der Waals surface area contributed by atoms with Gasteiger partial charge in [0, 0.05) is 0 Å². The highest BCUT2D eigenvalue weighted by atomic mass is 16.2. The molecule has 1 atom stereocenters. The van der Waals surface area contributed by atoms with Crippen LogP contribution in [0.1, 0.15) is 36.3 Å². The summed E-state index contributed by atoms with van der Waals surface area (Å²) in [5, 5.41) is 3.15. The third-order valence-corrected chi connectivity index (χ3v) is 4.37. The largest absolute Gasteiger partial charge is 0.348 e. The third-order valence-electron chi connectivity index (χ3n) is 4.37. The predicted octanol–water partition coefficient (Wildman–Crippen LogP) is 3.92. The highest BCUT2D eigenvalue weighted by Crippen LogP contribution is 2.18. The maximum atomic E-state index is 12.6. The van der Waals surface area contributed by atoms with Gasteiger partial charge in [-0.15, -0.1) is 0 Å². The summed E-state index contributed by atoms with van der Waals surface area (Å²) in [6, 6.07) is 16.3. The van der Waals surface area contributed by atoms with E-state index in [4.69, 9.17) is 0 Å². The van der Waals surface area contributed by atoms with Gasteiger partial charge in [-0.3, -0.25) is 4.79 Å². The first-order chi connectivity index (χ1) is 11.6. The Kier molecular flexibility index (Phi) is 4.65. The number of carbonyl (C=O) groups excluding carboxylic acids is 1. The van der Waals surface area contributed by atoms with Gasteiger partial charge >= 0.3 is 0 Å². The second-order valence-corrected chi connectivity index (χ2v) is 6.17. The molecular weight excluding hydrogens is 298 g/mol. The number of fused-ring (bicyclic) bond motifs is 1. The predicted molar refractivity (Wildman–Crippen MR) is 96.8 cm³/mol. The fourth-order valence-electron chi connectivity index (χ4n) is 3.00. The maximum absolute atomic E-state index is 12.6. The lowest BCUT2D eigenvalue weighted by atomic mass is 10.0. The number of aromatic nitrogens is 2. The number of aryl methyl sites for hydroxylation is 2. The topological polar surface area (TPSA) is 46.9 Å². The molecule has 124 valence electrons. The van der Waals surface area contributed by atoms with Crippen LogP contribution in [0.25, 0.3) is 11.0 Å². The number of hydrogen-bond acceptors (Lipinski definition) is 2. The van der Waals surface area contributed by atoms with E-state index in [-0.39, 0.29) is 18.5 Å². The van der Waals surface area contributed by atoms with Crippen LogP contribution in [0.15, 0.2) is 48.5 Å². The van der Waals surface area contributed by atoms with Crippen molar-refractivity contribution in [2.75, 3.05) is 0 Å². The molecule has 0 aliphatic carbocycles. The smallest absolute Gasteiger partial charge is 0.240 e. The van der Waals surface area contributed by atoms with Gasteiger partial charge in [0.2, 0.25) is 5.91 Å². The Hall–Kier alpha value is -2.62. The van der Waals surface area contributed by atoms with E-state index < -0.39 is 0 Å². The van der Waals surface area contributed by atoms with Crippen LogP contribution in [0.5, 0.6) is 0 Å². The molecule has 0 radical (unpaired) electrons. The quantitative estimate of drug-likeness (QED) is 0.774. The third kappa shape index (κ3) is 3.32. The van der Waals surface area contributed by atoms with Crippen molar-refractivity contribution in [3.05, 3.63) is 65.5 Å². The SMILES string of the molecule is CC[C@@H](NC(=O)Cn1c(C)nc2ccccc21)c1ccc(C)cc1. The molecule has 1 aromatic heterocycles. The summed E-state index contributed by atoms with van der Waals surface area (Å²) in [6.45, 7) is 6.37. The van der Waals surface area contributed by atoms with Gasteiger partial charge in [-0.2, -0.15) is 0 Å². The second-order valence-electron chi connectivity index (χ2n) is 6.17. The van der Waals surface area contributed by atoms with E-state index in [1.54, 1.807) is 0 Å². The standard InChI is InChI=1S/C20H23N3O/c1-4-17(16-11-9-14(2)10-12-16)22-20(24)13-23-15(3)21-18-7-5-6-8-19(18)23/h5-12,17H,4,13H2,1-3H3,(H,22,24)/t17-/m1/s1. The average Bonchev–Trinajstić information content (AvgIpc) is 2.89. The van der Waals surface area contributed by atoms with Crippen LogP contribution in [-0.4, -0.2) is 15.5 Å². The molecule has 3 rings (SSSR count). The van der Waals surface area contributed by atoms with Crippen molar-refractivity contribution >= 4 is 16.9 Å². The Morgan fingerprint density at radius 3 is 2.54 bits per heavy atom. The van der Waals surface area contributed by atoms with Crippen LogP contribution in [-0.2, 0) is 11.3 Å². The van der Waals surface area contributed by atoms with Gasteiger partial charge in [-0.25, -0.2) is 4.98 Å². The van der Waals surface area contributed by atoms with Crippen LogP contribution in [0.4, 0.5) is 0 Å². The highest BCUT2D eigenvalue weighted by Gasteiger charge is 2.15. The number of hydrogen-bond donors (Lipinski definition) is 1. The number of imidazole rings is 1. The second kappa shape index (κ2) is 6.87. The summed E-state index contributed by atoms with van der Waals surface area (Å²) in [5.41, 5.74) is 4.28. The molecule has 0 aliphatic rings. The first-order valence-corrected chi connectivity index (χ1v) is 8.36. The van der Waals surface area contributed by atoms with E-state index >= 15 is 0 Å². The van der Waals surface area contributed by atoms with Crippen LogP contribution in [0.2, 0.25) is 0 Å². The Bertz CT molecular complexity index is 849. The molecule has 4 heteroatoms. The number of amides is 1. The fourth-order valence-corrected chi connectivity index (χ4v) is 3.00. The molecule has 0 saturated carbocycles. The van der Waals surface area contributed by atoms with Crippen molar-refractivity contribution in [2.24, 2.45) is 0 Å². The minimum absolute atomic E-state index is 0.00804. The van der Waals surface area contributed by atoms with E-state index in [1.165, 1.54) is 5.56 Å². The molecule has 1 heterocycles. The van der Waals surface area contributed by atoms with Gasteiger partial charge in [0.25, 0.3) is 0 Å². The molecule has 1 amide bonds. The van der Waals surface area contributed by atoms with Crippen molar-refractivity contribution in [1.82, 2.24) is 14.9 Å². The molecule has 2 aromatic carbocycles. The van der Waals surface area contributed by atoms with E-state index in [9.17, 15) is 4.79 Å². The minimum Gasteiger partial charge on any atom is -0.348 e. The summed E-state index contributed by atoms with van der Waals surface area (Å²) < 4.78 is 1.96. The summed E-state index contributed by atoms with van der Waals surface area (Å²) in [5.74, 6) is 0.864. The van der Waals surface area contributed by atoms with E-state index in [2.05, 4.69) is 48.4 Å². The zero-order chi connectivity index (χ0) is 17.1. The van der Waals surface area contributed by atoms with E-state index in [0.717, 1.165) is 28.8 Å². The number of nitrogens with one attached hydrogen (secondary N) is 1. The number of benzene rings is 2. The summed E-state index contributed by atoms with van der Waals surface area (Å²) in [7, 11) is 0. The van der Waals surface area contributed by atoms with Crippen molar-refractivity contribution in [3.63, 3.8) is 0 Å². The molecule has 0 aliphatic heterocycles. The van der Waals surface area contributed by atoms with Crippen LogP contribution >= 0.6 is 0 Å². The Morgan fingerprint density at radius 2 is 1.83 bits per heavy atom. The number of nitrogens with zero attached hydrogens (tertiary/aromatic N) is 2. The fraction of sp³-hybridized carbons (Fsp3) is 0.300. The monoisotopic (exact) mass is 321 g/mol. The molecule has 0 bridgehead atoms. The van der Waals surface area contributed by atoms with Crippen LogP contribution < -0.4 is 5.32 Å². The van der Waals surface area contributed by atoms with Gasteiger partial charge in [0.15, 0.2) is 0 Å². The Balaban J connectivity index is 1.76. The highest BCUT2D eigenvalue weighted by molar-refractivity contribution is 5.81. The zero-order valence-corrected chi connectivity index (χ0v) is 14.4. The van der Waals surface area contributed by atoms with Crippen LogP contribution in [0.3, 0.4) is 0 Å². The maximum Gasteiger partial charge on any atom is 0.240 e. The summed E-state index contributed by atoms with van der Waals surface area (Å²) in [6.07, 6.45) is 0.860. The molecule has 0 saturated heterocycles. The lowest BCUT2D eigenvalue weighted by Crippen LogP contribution is -2.31. The molecule has 0 spiro atoms. The van der Waals surface area contributed by atoms with Crippen molar-refractivity contribution < 1.29 is 4.79 Å². The normalized spacial score (nSPS) is 12.3. The molecule has 0 unspecified atom stereocenters. The molecular formula is C20H23N3O. The number of para-hydroxylation sites is 2. The van der Waals surface area contributed by atoms with Gasteiger partial charge in [0.1, 0.15) is 12.4 Å². The first kappa shape index (κ1) is 16.2. The Labute approximate surface area is 142 Å². The zero-order valence-electron chi connectivity index (χ0n) is 14.4. The summed E-state index contributed by atoms with van der Waals surface area (Å²) >= 11 is 0. The van der Waals surface area contributed by atoms with E-state index in [0.29, 0.717) is 0 Å². The number of rotatable bonds is 5. The lowest BCUT2D eigenvalue weighted by molar-refractivity contribution is -0.122. The van der Waals surface area contributed by atoms with E-state index in [1.807, 2.05) is 35.8 Å². The van der Waals surface area contributed by atoms with Gasteiger partial charge in [-0.1, -0.05) is 48.9 Å². The molecule has 3 aromatic rings. The summed E-state index contributed by atoms with van der Waals surface area (Å²) in [4.78, 5) is 17.1. The van der Waals surface area contributed by atoms with Gasteiger partial charge in [0.05, 0.1) is 17.1 Å². The number of carbonyl (C=O) groups is 1. The minimum atomic E-state index is 0.00804. The van der Waals surface area contributed by atoms with Crippen LogP contribution in [0, 0.1) is 13.8 Å². The molecule has 24 heavy (non-hydrogen) atoms. The van der Waals surface area contributed by atoms with Gasteiger partial charge in [-0.05, 0) is 38.0 Å². The first-order valence-electron chi connectivity index (χ1n) is 8.36. The average molecular weight is 321 g/mol. The molecule has 4 nitrogen and oxygen atoms in total. The van der Waals surface area contributed by atoms with Gasteiger partial charge < -0.3 is 9.88 Å².